The van der Waals surface area contributed by atoms with Gasteiger partial charge >= 0.3 is 0 Å². The molecule has 3 aromatic rings. The standard InChI is InChI=1S/C22H28FN7O/c1-22(2)8-13(9-22)19-17(31-3)7-18-25-12-16(30(18)29-19)20-15(23)11-26-21(28-20)27-14-5-4-6-24-10-14/h7,11-14,24H,4-6,8-10H2,1-3H3,(H,26,27,28)/t14-/m1/s1. The Morgan fingerprint density at radius 3 is 2.81 bits per heavy atom. The molecule has 5 rings (SSSR count). The van der Waals surface area contributed by atoms with Crippen LogP contribution >= 0.6 is 0 Å². The van der Waals surface area contributed by atoms with E-state index in [0.29, 0.717) is 28.6 Å². The number of aromatic nitrogens is 5. The van der Waals surface area contributed by atoms with E-state index in [1.165, 1.54) is 6.20 Å². The van der Waals surface area contributed by atoms with E-state index in [-0.39, 0.29) is 11.7 Å². The van der Waals surface area contributed by atoms with Gasteiger partial charge in [-0.3, -0.25) is 0 Å². The quantitative estimate of drug-likeness (QED) is 0.648. The average molecular weight is 426 g/mol. The highest BCUT2D eigenvalue weighted by Crippen LogP contribution is 2.51. The molecule has 1 saturated carbocycles. The van der Waals surface area contributed by atoms with Gasteiger partial charge in [0.1, 0.15) is 22.8 Å². The van der Waals surface area contributed by atoms with Crippen LogP contribution in [0.1, 0.15) is 51.1 Å². The van der Waals surface area contributed by atoms with Crippen molar-refractivity contribution in [3.8, 4) is 17.1 Å². The van der Waals surface area contributed by atoms with Gasteiger partial charge < -0.3 is 15.4 Å². The Kier molecular flexibility index (Phi) is 5.00. The number of rotatable bonds is 5. The smallest absolute Gasteiger partial charge is 0.223 e. The molecule has 1 aliphatic carbocycles. The van der Waals surface area contributed by atoms with E-state index in [4.69, 9.17) is 9.84 Å². The van der Waals surface area contributed by atoms with Gasteiger partial charge in [-0.2, -0.15) is 5.10 Å². The summed E-state index contributed by atoms with van der Waals surface area (Å²) in [6, 6.07) is 2.09. The topological polar surface area (TPSA) is 89.3 Å². The molecule has 2 fully saturated rings. The molecule has 0 spiro atoms. The van der Waals surface area contributed by atoms with Crippen LogP contribution in [0.3, 0.4) is 0 Å². The Hall–Kier alpha value is -2.81. The fourth-order valence-corrected chi connectivity index (χ4v) is 4.76. The molecular weight excluding hydrogens is 397 g/mol. The lowest BCUT2D eigenvalue weighted by molar-refractivity contribution is 0.145. The fraction of sp³-hybridized carbons (Fsp3) is 0.545. The summed E-state index contributed by atoms with van der Waals surface area (Å²) in [7, 11) is 1.65. The number of ether oxygens (including phenoxy) is 1. The highest BCUT2D eigenvalue weighted by molar-refractivity contribution is 5.62. The summed E-state index contributed by atoms with van der Waals surface area (Å²) >= 11 is 0. The van der Waals surface area contributed by atoms with E-state index in [9.17, 15) is 4.39 Å². The van der Waals surface area contributed by atoms with Gasteiger partial charge in [-0.15, -0.1) is 0 Å². The number of nitrogens with one attached hydrogen (secondary N) is 2. The van der Waals surface area contributed by atoms with Crippen molar-refractivity contribution in [2.24, 2.45) is 5.41 Å². The van der Waals surface area contributed by atoms with Crippen molar-refractivity contribution in [2.45, 2.75) is 51.5 Å². The van der Waals surface area contributed by atoms with E-state index >= 15 is 0 Å². The highest BCUT2D eigenvalue weighted by Gasteiger charge is 2.39. The summed E-state index contributed by atoms with van der Waals surface area (Å²) in [5.74, 6) is 0.948. The number of anilines is 1. The van der Waals surface area contributed by atoms with Crippen molar-refractivity contribution in [3.05, 3.63) is 30.0 Å². The summed E-state index contributed by atoms with van der Waals surface area (Å²) in [6.45, 7) is 6.37. The van der Waals surface area contributed by atoms with Crippen molar-refractivity contribution in [1.29, 1.82) is 0 Å². The van der Waals surface area contributed by atoms with Gasteiger partial charge in [0.2, 0.25) is 5.95 Å². The van der Waals surface area contributed by atoms with Crippen LogP contribution in [0.2, 0.25) is 0 Å². The molecule has 31 heavy (non-hydrogen) atoms. The van der Waals surface area contributed by atoms with Gasteiger partial charge in [-0.1, -0.05) is 13.8 Å². The molecule has 2 N–H and O–H groups in total. The Balaban J connectivity index is 1.52. The zero-order valence-corrected chi connectivity index (χ0v) is 18.2. The van der Waals surface area contributed by atoms with E-state index in [0.717, 1.165) is 50.2 Å². The summed E-state index contributed by atoms with van der Waals surface area (Å²) < 4.78 is 22.0. The van der Waals surface area contributed by atoms with E-state index in [2.05, 4.69) is 39.4 Å². The zero-order valence-electron chi connectivity index (χ0n) is 18.2. The van der Waals surface area contributed by atoms with Crippen LogP contribution in [0, 0.1) is 11.2 Å². The average Bonchev–Trinajstić information content (AvgIpc) is 3.15. The first-order valence-electron chi connectivity index (χ1n) is 10.9. The maximum Gasteiger partial charge on any atom is 0.223 e. The third kappa shape index (κ3) is 3.82. The molecule has 0 amide bonds. The van der Waals surface area contributed by atoms with Gasteiger partial charge in [0.25, 0.3) is 0 Å². The van der Waals surface area contributed by atoms with Crippen molar-refractivity contribution in [2.75, 3.05) is 25.5 Å². The third-order valence-electron chi connectivity index (χ3n) is 6.31. The predicted octanol–water partition coefficient (Wildman–Crippen LogP) is 3.40. The molecule has 1 aliphatic heterocycles. The van der Waals surface area contributed by atoms with Crippen LogP contribution in [0.25, 0.3) is 17.0 Å². The number of halogens is 1. The first-order valence-corrected chi connectivity index (χ1v) is 10.9. The van der Waals surface area contributed by atoms with Crippen LogP contribution in [0.5, 0.6) is 5.75 Å². The number of piperidine rings is 1. The van der Waals surface area contributed by atoms with Gasteiger partial charge in [0, 0.05) is 24.6 Å². The van der Waals surface area contributed by atoms with Crippen LogP contribution in [-0.2, 0) is 0 Å². The molecule has 3 aromatic heterocycles. The molecule has 164 valence electrons. The molecule has 9 heteroatoms. The summed E-state index contributed by atoms with van der Waals surface area (Å²) in [6.07, 6.45) is 7.01. The largest absolute Gasteiger partial charge is 0.495 e. The summed E-state index contributed by atoms with van der Waals surface area (Å²) in [4.78, 5) is 13.0. The number of hydrogen-bond acceptors (Lipinski definition) is 7. The van der Waals surface area contributed by atoms with Gasteiger partial charge in [-0.25, -0.2) is 23.9 Å². The Morgan fingerprint density at radius 1 is 1.26 bits per heavy atom. The van der Waals surface area contributed by atoms with E-state index < -0.39 is 5.82 Å². The maximum absolute atomic E-state index is 14.8. The second kappa shape index (κ2) is 7.71. The van der Waals surface area contributed by atoms with Gasteiger partial charge in [-0.05, 0) is 37.6 Å². The van der Waals surface area contributed by atoms with Gasteiger partial charge in [0.15, 0.2) is 11.5 Å². The normalized spacial score (nSPS) is 21.1. The third-order valence-corrected chi connectivity index (χ3v) is 6.31. The second-order valence-corrected chi connectivity index (χ2v) is 9.36. The van der Waals surface area contributed by atoms with Crippen LogP contribution < -0.4 is 15.4 Å². The van der Waals surface area contributed by atoms with Gasteiger partial charge in [0.05, 0.1) is 19.5 Å². The first kappa shape index (κ1) is 20.1. The minimum Gasteiger partial charge on any atom is -0.495 e. The lowest BCUT2D eigenvalue weighted by Gasteiger charge is -2.42. The molecule has 1 atom stereocenters. The lowest BCUT2D eigenvalue weighted by atomic mass is 9.63. The molecule has 0 unspecified atom stereocenters. The SMILES string of the molecule is COc1cc2ncc(-c3nc(N[C@@H]4CCCNC4)ncc3F)n2nc1C1CC(C)(C)C1. The number of fused-ring (bicyclic) bond motifs is 1. The molecule has 2 aliphatic rings. The molecule has 0 radical (unpaired) electrons. The number of hydrogen-bond donors (Lipinski definition) is 2. The van der Waals surface area contributed by atoms with Crippen molar-refractivity contribution in [3.63, 3.8) is 0 Å². The maximum atomic E-state index is 14.8. The number of methoxy groups -OCH3 is 1. The van der Waals surface area contributed by atoms with E-state index in [1.54, 1.807) is 17.8 Å². The lowest BCUT2D eigenvalue weighted by Crippen LogP contribution is -2.38. The van der Waals surface area contributed by atoms with E-state index in [1.807, 2.05) is 6.07 Å². The monoisotopic (exact) mass is 425 g/mol. The number of imidazole rings is 1. The minimum absolute atomic E-state index is 0.186. The van der Waals surface area contributed by atoms with Crippen molar-refractivity contribution in [1.82, 2.24) is 29.9 Å². The van der Waals surface area contributed by atoms with Crippen LogP contribution in [-0.4, -0.2) is 50.8 Å². The number of nitrogens with zero attached hydrogens (tertiary/aromatic N) is 5. The highest BCUT2D eigenvalue weighted by atomic mass is 19.1. The second-order valence-electron chi connectivity index (χ2n) is 9.36. The van der Waals surface area contributed by atoms with Crippen molar-refractivity contribution >= 4 is 11.6 Å². The Labute approximate surface area is 180 Å². The zero-order chi connectivity index (χ0) is 21.6. The Bertz CT molecular complexity index is 1100. The molecule has 0 aromatic carbocycles. The van der Waals surface area contributed by atoms with Crippen molar-refractivity contribution < 1.29 is 9.13 Å². The fourth-order valence-electron chi connectivity index (χ4n) is 4.76. The Morgan fingerprint density at radius 2 is 2.10 bits per heavy atom. The summed E-state index contributed by atoms with van der Waals surface area (Å²) in [5.41, 5.74) is 2.47. The first-order chi connectivity index (χ1) is 14.9. The molecule has 4 heterocycles. The predicted molar refractivity (Wildman–Crippen MR) is 116 cm³/mol. The van der Waals surface area contributed by atoms with Crippen LogP contribution in [0.15, 0.2) is 18.5 Å². The summed E-state index contributed by atoms with van der Waals surface area (Å²) in [5, 5.41) is 11.5. The minimum atomic E-state index is -0.502. The molecule has 1 saturated heterocycles. The molecular formula is C22H28FN7O. The molecule has 0 bridgehead atoms. The van der Waals surface area contributed by atoms with Crippen LogP contribution in [0.4, 0.5) is 10.3 Å². The molecule has 8 nitrogen and oxygen atoms in total.